The Kier molecular flexibility index (Phi) is 2.34. The molecule has 0 unspecified atom stereocenters. The van der Waals surface area contributed by atoms with Crippen LogP contribution in [0.1, 0.15) is 10.4 Å². The number of fused-ring (bicyclic) bond motifs is 1. The van der Waals surface area contributed by atoms with Gasteiger partial charge in [-0.1, -0.05) is 0 Å². The van der Waals surface area contributed by atoms with Crippen molar-refractivity contribution in [2.45, 2.75) is 6.18 Å². The molecular formula is C10H8F3N3O. The predicted molar refractivity (Wildman–Crippen MR) is 55.5 cm³/mol. The molecule has 0 aliphatic carbocycles. The number of carbonyl (C=O) groups excluding carboxylic acids is 1. The van der Waals surface area contributed by atoms with Crippen LogP contribution in [0.2, 0.25) is 0 Å². The SMILES string of the molecule is Cn1c(N)nc2cc(C(=O)C(F)(F)F)ccc21. The van der Waals surface area contributed by atoms with Crippen molar-refractivity contribution in [2.75, 3.05) is 5.73 Å². The zero-order valence-electron chi connectivity index (χ0n) is 8.75. The second kappa shape index (κ2) is 3.47. The molecule has 0 saturated carbocycles. The lowest BCUT2D eigenvalue weighted by Crippen LogP contribution is -2.22. The highest BCUT2D eigenvalue weighted by Crippen LogP contribution is 2.24. The van der Waals surface area contributed by atoms with Gasteiger partial charge in [0.1, 0.15) is 0 Å². The molecule has 90 valence electrons. The molecule has 1 heterocycles. The van der Waals surface area contributed by atoms with Crippen LogP contribution in [0.3, 0.4) is 0 Å². The Labute approximate surface area is 93.8 Å². The lowest BCUT2D eigenvalue weighted by Gasteiger charge is -2.04. The number of anilines is 1. The Hall–Kier alpha value is -2.05. The predicted octanol–water partition coefficient (Wildman–Crippen LogP) is 1.90. The highest BCUT2D eigenvalue weighted by Gasteiger charge is 2.39. The second-order valence-corrected chi connectivity index (χ2v) is 3.56. The maximum Gasteiger partial charge on any atom is 0.454 e. The van der Waals surface area contributed by atoms with Gasteiger partial charge in [-0.15, -0.1) is 0 Å². The van der Waals surface area contributed by atoms with Crippen molar-refractivity contribution in [2.24, 2.45) is 7.05 Å². The summed E-state index contributed by atoms with van der Waals surface area (Å²) in [5, 5.41) is 0. The summed E-state index contributed by atoms with van der Waals surface area (Å²) in [6.07, 6.45) is -4.88. The van der Waals surface area contributed by atoms with E-state index in [2.05, 4.69) is 4.98 Å². The summed E-state index contributed by atoms with van der Waals surface area (Å²) in [5.41, 5.74) is 5.90. The Balaban J connectivity index is 2.56. The molecule has 1 aromatic carbocycles. The van der Waals surface area contributed by atoms with E-state index < -0.39 is 17.5 Å². The van der Waals surface area contributed by atoms with Crippen molar-refractivity contribution in [1.82, 2.24) is 9.55 Å². The zero-order chi connectivity index (χ0) is 12.8. The molecule has 0 aliphatic rings. The fourth-order valence-electron chi connectivity index (χ4n) is 1.52. The van der Waals surface area contributed by atoms with Crippen molar-refractivity contribution < 1.29 is 18.0 Å². The van der Waals surface area contributed by atoms with Crippen LogP contribution in [-0.2, 0) is 7.05 Å². The third-order valence-corrected chi connectivity index (χ3v) is 2.44. The number of aryl methyl sites for hydroxylation is 1. The van der Waals surface area contributed by atoms with Crippen molar-refractivity contribution >= 4 is 22.8 Å². The number of carbonyl (C=O) groups is 1. The van der Waals surface area contributed by atoms with E-state index in [0.717, 1.165) is 12.1 Å². The number of alkyl halides is 3. The Morgan fingerprint density at radius 2 is 2.06 bits per heavy atom. The average Bonchev–Trinajstić information content (AvgIpc) is 2.52. The number of Topliss-reactive ketones (excluding diaryl/α,β-unsaturated/α-hetero) is 1. The van der Waals surface area contributed by atoms with Gasteiger partial charge in [0.25, 0.3) is 5.78 Å². The molecular weight excluding hydrogens is 235 g/mol. The van der Waals surface area contributed by atoms with Crippen LogP contribution >= 0.6 is 0 Å². The van der Waals surface area contributed by atoms with E-state index in [1.807, 2.05) is 0 Å². The minimum absolute atomic E-state index is 0.177. The maximum atomic E-state index is 12.2. The zero-order valence-corrected chi connectivity index (χ0v) is 8.75. The first-order chi connectivity index (χ1) is 7.80. The van der Waals surface area contributed by atoms with Crippen LogP contribution in [-0.4, -0.2) is 21.5 Å². The van der Waals surface area contributed by atoms with Crippen LogP contribution in [0.4, 0.5) is 19.1 Å². The van der Waals surface area contributed by atoms with Crippen molar-refractivity contribution in [3.63, 3.8) is 0 Å². The van der Waals surface area contributed by atoms with E-state index >= 15 is 0 Å². The Morgan fingerprint density at radius 1 is 1.41 bits per heavy atom. The van der Waals surface area contributed by atoms with E-state index in [4.69, 9.17) is 5.73 Å². The van der Waals surface area contributed by atoms with Crippen LogP contribution < -0.4 is 5.73 Å². The molecule has 1 aromatic heterocycles. The molecule has 2 rings (SSSR count). The number of benzene rings is 1. The number of rotatable bonds is 1. The Morgan fingerprint density at radius 3 is 2.65 bits per heavy atom. The quantitative estimate of drug-likeness (QED) is 0.778. The second-order valence-electron chi connectivity index (χ2n) is 3.56. The molecule has 17 heavy (non-hydrogen) atoms. The number of nitrogens with two attached hydrogens (primary N) is 1. The topological polar surface area (TPSA) is 60.9 Å². The fraction of sp³-hybridized carbons (Fsp3) is 0.200. The van der Waals surface area contributed by atoms with E-state index in [0.29, 0.717) is 5.52 Å². The van der Waals surface area contributed by atoms with Gasteiger partial charge in [-0.05, 0) is 18.2 Å². The van der Waals surface area contributed by atoms with E-state index in [1.165, 1.54) is 10.6 Å². The normalized spacial score (nSPS) is 12.0. The fourth-order valence-corrected chi connectivity index (χ4v) is 1.52. The molecule has 2 aromatic rings. The van der Waals surface area contributed by atoms with Gasteiger partial charge in [-0.25, -0.2) is 4.98 Å². The molecule has 4 nitrogen and oxygen atoms in total. The number of nitrogen functional groups attached to an aromatic ring is 1. The van der Waals surface area contributed by atoms with Crippen LogP contribution in [0.5, 0.6) is 0 Å². The lowest BCUT2D eigenvalue weighted by molar-refractivity contribution is -0.0885. The van der Waals surface area contributed by atoms with Gasteiger partial charge in [0, 0.05) is 12.6 Å². The summed E-state index contributed by atoms with van der Waals surface area (Å²) in [6, 6.07) is 3.58. The summed E-state index contributed by atoms with van der Waals surface area (Å²) in [4.78, 5) is 14.9. The molecule has 0 bridgehead atoms. The number of hydrogen-bond acceptors (Lipinski definition) is 3. The van der Waals surface area contributed by atoms with Crippen LogP contribution in [0.15, 0.2) is 18.2 Å². The number of halogens is 3. The molecule has 7 heteroatoms. The summed E-state index contributed by atoms with van der Waals surface area (Å²) in [7, 11) is 1.63. The molecule has 0 amide bonds. The molecule has 2 N–H and O–H groups in total. The van der Waals surface area contributed by atoms with Gasteiger partial charge in [-0.3, -0.25) is 4.79 Å². The highest BCUT2D eigenvalue weighted by molar-refractivity contribution is 6.02. The Bertz CT molecular complexity index is 601. The van der Waals surface area contributed by atoms with Gasteiger partial charge in [0.2, 0.25) is 5.95 Å². The largest absolute Gasteiger partial charge is 0.454 e. The van der Waals surface area contributed by atoms with Crippen molar-refractivity contribution in [1.29, 1.82) is 0 Å². The smallest absolute Gasteiger partial charge is 0.369 e. The number of aromatic nitrogens is 2. The molecule has 0 saturated heterocycles. The molecule has 0 fully saturated rings. The molecule has 0 aliphatic heterocycles. The van der Waals surface area contributed by atoms with Gasteiger partial charge in [-0.2, -0.15) is 13.2 Å². The first-order valence-electron chi connectivity index (χ1n) is 4.64. The van der Waals surface area contributed by atoms with Gasteiger partial charge in [0.15, 0.2) is 0 Å². The van der Waals surface area contributed by atoms with Crippen molar-refractivity contribution in [3.8, 4) is 0 Å². The third kappa shape index (κ3) is 1.83. The summed E-state index contributed by atoms with van der Waals surface area (Å²) in [6.45, 7) is 0. The molecule has 0 radical (unpaired) electrons. The van der Waals surface area contributed by atoms with Crippen molar-refractivity contribution in [3.05, 3.63) is 23.8 Å². The number of nitrogens with zero attached hydrogens (tertiary/aromatic N) is 2. The minimum atomic E-state index is -4.88. The summed E-state index contributed by atoms with van der Waals surface area (Å²) < 4.78 is 38.2. The monoisotopic (exact) mass is 243 g/mol. The maximum absolute atomic E-state index is 12.2. The van der Waals surface area contributed by atoms with Gasteiger partial charge < -0.3 is 10.3 Å². The van der Waals surface area contributed by atoms with E-state index in [9.17, 15) is 18.0 Å². The highest BCUT2D eigenvalue weighted by atomic mass is 19.4. The number of hydrogen-bond donors (Lipinski definition) is 1. The summed E-state index contributed by atoms with van der Waals surface area (Å²) in [5.74, 6) is -1.71. The molecule has 0 spiro atoms. The first kappa shape index (κ1) is 11.4. The number of ketones is 1. The standard InChI is InChI=1S/C10H8F3N3O/c1-16-7-3-2-5(8(17)10(11,12)13)4-6(7)15-9(16)14/h2-4H,1H3,(H2,14,15). The van der Waals surface area contributed by atoms with Gasteiger partial charge in [0.05, 0.1) is 11.0 Å². The van der Waals surface area contributed by atoms with E-state index in [-0.39, 0.29) is 11.5 Å². The number of imidazole rings is 1. The first-order valence-corrected chi connectivity index (χ1v) is 4.64. The van der Waals surface area contributed by atoms with Gasteiger partial charge >= 0.3 is 6.18 Å². The van der Waals surface area contributed by atoms with E-state index in [1.54, 1.807) is 7.05 Å². The van der Waals surface area contributed by atoms with Crippen LogP contribution in [0.25, 0.3) is 11.0 Å². The van der Waals surface area contributed by atoms with Crippen LogP contribution in [0, 0.1) is 0 Å². The third-order valence-electron chi connectivity index (χ3n) is 2.44. The summed E-state index contributed by atoms with van der Waals surface area (Å²) >= 11 is 0. The average molecular weight is 243 g/mol. The lowest BCUT2D eigenvalue weighted by atomic mass is 10.1. The molecule has 0 atom stereocenters. The minimum Gasteiger partial charge on any atom is -0.369 e.